The summed E-state index contributed by atoms with van der Waals surface area (Å²) >= 11 is 0. The van der Waals surface area contributed by atoms with E-state index in [0.29, 0.717) is 0 Å². The largest absolute Gasteiger partial charge is 0.481 e. The van der Waals surface area contributed by atoms with Gasteiger partial charge in [0.2, 0.25) is 0 Å². The van der Waals surface area contributed by atoms with Gasteiger partial charge in [0.15, 0.2) is 0 Å². The quantitative estimate of drug-likeness (QED) is 0.327. The zero-order chi connectivity index (χ0) is 15.8. The fourth-order valence-electron chi connectivity index (χ4n) is 2.37. The van der Waals surface area contributed by atoms with E-state index in [2.05, 4.69) is 19.1 Å². The molecule has 0 aromatic rings. The van der Waals surface area contributed by atoms with E-state index in [9.17, 15) is 9.90 Å². The lowest BCUT2D eigenvalue weighted by atomic mass is 10.0. The van der Waals surface area contributed by atoms with Crippen LogP contribution in [0.4, 0.5) is 0 Å². The predicted molar refractivity (Wildman–Crippen MR) is 88.5 cm³/mol. The van der Waals surface area contributed by atoms with Gasteiger partial charge in [-0.05, 0) is 38.5 Å². The third-order valence-electron chi connectivity index (χ3n) is 3.74. The molecule has 0 spiro atoms. The van der Waals surface area contributed by atoms with Crippen molar-refractivity contribution < 1.29 is 15.0 Å². The molecule has 0 aromatic heterocycles. The van der Waals surface area contributed by atoms with E-state index in [1.807, 2.05) is 0 Å². The Morgan fingerprint density at radius 3 is 2.29 bits per heavy atom. The fourth-order valence-corrected chi connectivity index (χ4v) is 2.37. The van der Waals surface area contributed by atoms with Gasteiger partial charge in [0.1, 0.15) is 0 Å². The fraction of sp³-hybridized carbons (Fsp3) is 0.833. The van der Waals surface area contributed by atoms with Gasteiger partial charge in [0.05, 0.1) is 6.10 Å². The minimum atomic E-state index is -0.701. The molecule has 1 unspecified atom stereocenters. The highest BCUT2D eigenvalue weighted by Crippen LogP contribution is 2.12. The number of hydrogen-bond donors (Lipinski definition) is 2. The van der Waals surface area contributed by atoms with Crippen LogP contribution in [0, 0.1) is 0 Å². The highest BCUT2D eigenvalue weighted by atomic mass is 16.4. The summed E-state index contributed by atoms with van der Waals surface area (Å²) < 4.78 is 0. The number of aliphatic carboxylic acids is 1. The lowest BCUT2D eigenvalue weighted by Gasteiger charge is -2.08. The van der Waals surface area contributed by atoms with E-state index in [-0.39, 0.29) is 12.5 Å². The zero-order valence-corrected chi connectivity index (χ0v) is 13.7. The molecule has 0 aromatic carbocycles. The highest BCUT2D eigenvalue weighted by Gasteiger charge is 2.02. The van der Waals surface area contributed by atoms with Crippen molar-refractivity contribution in [3.63, 3.8) is 0 Å². The molecular formula is C18H34O3. The van der Waals surface area contributed by atoms with Gasteiger partial charge in [-0.1, -0.05) is 57.6 Å². The van der Waals surface area contributed by atoms with E-state index < -0.39 is 5.97 Å². The molecule has 0 saturated carbocycles. The average molecular weight is 298 g/mol. The van der Waals surface area contributed by atoms with Gasteiger partial charge < -0.3 is 10.2 Å². The summed E-state index contributed by atoms with van der Waals surface area (Å²) in [6.07, 6.45) is 17.3. The van der Waals surface area contributed by atoms with Crippen LogP contribution in [0.3, 0.4) is 0 Å². The minimum absolute atomic E-state index is 0.177. The van der Waals surface area contributed by atoms with Crippen LogP contribution in [0.1, 0.15) is 90.4 Å². The molecular weight excluding hydrogens is 264 g/mol. The maximum atomic E-state index is 10.3. The van der Waals surface area contributed by atoms with Crippen molar-refractivity contribution in [2.24, 2.45) is 0 Å². The Morgan fingerprint density at radius 2 is 1.57 bits per heavy atom. The number of allylic oxidation sites excluding steroid dienone is 2. The molecule has 0 radical (unpaired) electrons. The van der Waals surface area contributed by atoms with E-state index in [1.165, 1.54) is 25.7 Å². The molecule has 0 heterocycles. The van der Waals surface area contributed by atoms with Crippen LogP contribution in [0.15, 0.2) is 12.2 Å². The molecule has 0 aliphatic carbocycles. The molecule has 0 bridgehead atoms. The number of carbonyl (C=O) groups is 1. The Kier molecular flexibility index (Phi) is 14.9. The maximum Gasteiger partial charge on any atom is 0.303 e. The van der Waals surface area contributed by atoms with Crippen molar-refractivity contribution in [2.75, 3.05) is 0 Å². The Morgan fingerprint density at radius 1 is 0.905 bits per heavy atom. The maximum absolute atomic E-state index is 10.3. The van der Waals surface area contributed by atoms with Crippen LogP contribution < -0.4 is 0 Å². The van der Waals surface area contributed by atoms with Crippen LogP contribution in [-0.2, 0) is 4.79 Å². The summed E-state index contributed by atoms with van der Waals surface area (Å²) in [6, 6.07) is 0. The topological polar surface area (TPSA) is 57.5 Å². The third kappa shape index (κ3) is 17.1. The van der Waals surface area contributed by atoms with Crippen molar-refractivity contribution in [1.29, 1.82) is 0 Å². The van der Waals surface area contributed by atoms with E-state index >= 15 is 0 Å². The molecule has 0 aliphatic rings. The third-order valence-corrected chi connectivity index (χ3v) is 3.74. The predicted octanol–water partition coefficient (Wildman–Crippen LogP) is 5.08. The van der Waals surface area contributed by atoms with Crippen molar-refractivity contribution in [2.45, 2.75) is 96.5 Å². The Labute approximate surface area is 130 Å². The summed E-state index contributed by atoms with van der Waals surface area (Å²) in [5.74, 6) is -0.701. The van der Waals surface area contributed by atoms with E-state index in [0.717, 1.165) is 51.4 Å². The molecule has 1 atom stereocenters. The molecule has 0 rings (SSSR count). The smallest absolute Gasteiger partial charge is 0.303 e. The van der Waals surface area contributed by atoms with Crippen LogP contribution in [-0.4, -0.2) is 22.3 Å². The standard InChI is InChI=1S/C18H34O3/c1-2-3-4-5-6-8-11-14-17(19)15-12-9-7-10-13-16-18(20)21/h6,8,17,19H,2-5,7,9-16H2,1H3,(H,20,21)/b8-6-. The van der Waals surface area contributed by atoms with Gasteiger partial charge in [0.25, 0.3) is 0 Å². The first-order valence-electron chi connectivity index (χ1n) is 8.71. The zero-order valence-electron chi connectivity index (χ0n) is 13.7. The first-order chi connectivity index (χ1) is 10.2. The lowest BCUT2D eigenvalue weighted by Crippen LogP contribution is -2.05. The molecule has 2 N–H and O–H groups in total. The average Bonchev–Trinajstić information content (AvgIpc) is 2.45. The molecule has 0 amide bonds. The molecule has 3 heteroatoms. The summed E-state index contributed by atoms with van der Waals surface area (Å²) in [6.45, 7) is 2.21. The van der Waals surface area contributed by atoms with E-state index in [1.54, 1.807) is 0 Å². The monoisotopic (exact) mass is 298 g/mol. The van der Waals surface area contributed by atoms with Crippen molar-refractivity contribution in [3.8, 4) is 0 Å². The molecule has 3 nitrogen and oxygen atoms in total. The second-order valence-corrected chi connectivity index (χ2v) is 5.90. The molecule has 0 saturated heterocycles. The summed E-state index contributed by atoms with van der Waals surface area (Å²) in [5, 5.41) is 18.4. The Hall–Kier alpha value is -0.830. The summed E-state index contributed by atoms with van der Waals surface area (Å²) in [4.78, 5) is 10.3. The van der Waals surface area contributed by atoms with Crippen molar-refractivity contribution >= 4 is 5.97 Å². The Bertz CT molecular complexity index is 261. The lowest BCUT2D eigenvalue weighted by molar-refractivity contribution is -0.137. The molecule has 21 heavy (non-hydrogen) atoms. The summed E-state index contributed by atoms with van der Waals surface area (Å²) in [7, 11) is 0. The van der Waals surface area contributed by atoms with Gasteiger partial charge >= 0.3 is 5.97 Å². The molecule has 0 aliphatic heterocycles. The normalized spacial score (nSPS) is 12.9. The van der Waals surface area contributed by atoms with E-state index in [4.69, 9.17) is 5.11 Å². The number of aliphatic hydroxyl groups excluding tert-OH is 1. The Balaban J connectivity index is 3.26. The summed E-state index contributed by atoms with van der Waals surface area (Å²) in [5.41, 5.74) is 0. The minimum Gasteiger partial charge on any atom is -0.481 e. The molecule has 0 fully saturated rings. The first kappa shape index (κ1) is 20.2. The van der Waals surface area contributed by atoms with Gasteiger partial charge in [-0.25, -0.2) is 0 Å². The van der Waals surface area contributed by atoms with Crippen molar-refractivity contribution in [1.82, 2.24) is 0 Å². The van der Waals surface area contributed by atoms with Gasteiger partial charge in [0, 0.05) is 6.42 Å². The van der Waals surface area contributed by atoms with Crippen LogP contribution in [0.25, 0.3) is 0 Å². The number of hydrogen-bond acceptors (Lipinski definition) is 2. The van der Waals surface area contributed by atoms with Crippen LogP contribution in [0.2, 0.25) is 0 Å². The van der Waals surface area contributed by atoms with Gasteiger partial charge in [-0.3, -0.25) is 4.79 Å². The van der Waals surface area contributed by atoms with Gasteiger partial charge in [-0.15, -0.1) is 0 Å². The van der Waals surface area contributed by atoms with Crippen LogP contribution in [0.5, 0.6) is 0 Å². The second-order valence-electron chi connectivity index (χ2n) is 5.90. The van der Waals surface area contributed by atoms with Crippen LogP contribution >= 0.6 is 0 Å². The number of carboxylic acid groups (broad SMARTS) is 1. The van der Waals surface area contributed by atoms with Gasteiger partial charge in [-0.2, -0.15) is 0 Å². The number of rotatable bonds is 15. The molecule has 124 valence electrons. The number of carboxylic acids is 1. The SMILES string of the molecule is CCCCC/C=C\CCC(O)CCCCCCCC(=O)O. The second kappa shape index (κ2) is 15.6. The highest BCUT2D eigenvalue weighted by molar-refractivity contribution is 5.66. The number of aliphatic hydroxyl groups is 1. The number of unbranched alkanes of at least 4 members (excludes halogenated alkanes) is 7. The first-order valence-corrected chi connectivity index (χ1v) is 8.71. The van der Waals surface area contributed by atoms with Crippen molar-refractivity contribution in [3.05, 3.63) is 12.2 Å².